The van der Waals surface area contributed by atoms with E-state index < -0.39 is 5.91 Å². The molecule has 1 amide bonds. The SMILES string of the molecule is O=C(COc1ccc(C[N+]([O-])=NO)cc1)NN=CC=Cc1ccccc1. The number of nitrogens with one attached hydrogen (secondary N) is 1. The van der Waals surface area contributed by atoms with Crippen molar-refractivity contribution in [3.8, 4) is 5.75 Å². The van der Waals surface area contributed by atoms with Crippen molar-refractivity contribution < 1.29 is 19.6 Å². The Morgan fingerprint density at radius 2 is 1.92 bits per heavy atom. The van der Waals surface area contributed by atoms with Crippen molar-refractivity contribution in [2.45, 2.75) is 6.54 Å². The van der Waals surface area contributed by atoms with E-state index in [1.165, 1.54) is 6.21 Å². The highest BCUT2D eigenvalue weighted by atomic mass is 16.6. The number of benzene rings is 2. The van der Waals surface area contributed by atoms with Crippen LogP contribution in [0.15, 0.2) is 71.1 Å². The Morgan fingerprint density at radius 3 is 2.62 bits per heavy atom. The minimum Gasteiger partial charge on any atom is -0.597 e. The topological polar surface area (TPSA) is 109 Å². The predicted octanol–water partition coefficient (Wildman–Crippen LogP) is 2.73. The molecule has 0 bridgehead atoms. The van der Waals surface area contributed by atoms with Crippen LogP contribution >= 0.6 is 0 Å². The van der Waals surface area contributed by atoms with E-state index in [2.05, 4.69) is 15.8 Å². The van der Waals surface area contributed by atoms with Gasteiger partial charge >= 0.3 is 0 Å². The van der Waals surface area contributed by atoms with Crippen LogP contribution in [0.1, 0.15) is 11.1 Å². The van der Waals surface area contributed by atoms with Gasteiger partial charge in [0, 0.05) is 11.8 Å². The number of carbonyl (C=O) groups excluding carboxylic acids is 1. The van der Waals surface area contributed by atoms with E-state index in [9.17, 15) is 10.0 Å². The van der Waals surface area contributed by atoms with E-state index in [1.54, 1.807) is 30.3 Å². The Bertz CT molecular complexity index is 787. The zero-order valence-electron chi connectivity index (χ0n) is 13.9. The van der Waals surface area contributed by atoms with Gasteiger partial charge in [-0.25, -0.2) is 5.43 Å². The molecule has 2 rings (SSSR count). The number of hydrogen-bond donors (Lipinski definition) is 2. The van der Waals surface area contributed by atoms with Gasteiger partial charge in [0.15, 0.2) is 11.9 Å². The molecule has 26 heavy (non-hydrogen) atoms. The largest absolute Gasteiger partial charge is 0.597 e. The highest BCUT2D eigenvalue weighted by Gasteiger charge is 2.03. The van der Waals surface area contributed by atoms with Crippen molar-refractivity contribution in [1.82, 2.24) is 5.43 Å². The maximum atomic E-state index is 11.6. The third kappa shape index (κ3) is 6.83. The number of ether oxygens (including phenoxy) is 1. The maximum absolute atomic E-state index is 11.6. The fourth-order valence-corrected chi connectivity index (χ4v) is 1.93. The first-order valence-electron chi connectivity index (χ1n) is 7.72. The van der Waals surface area contributed by atoms with Crippen LogP contribution in [-0.2, 0) is 11.3 Å². The van der Waals surface area contributed by atoms with Crippen LogP contribution in [0.4, 0.5) is 0 Å². The van der Waals surface area contributed by atoms with Crippen LogP contribution in [0.25, 0.3) is 6.08 Å². The molecule has 0 aliphatic heterocycles. The normalized spacial score (nSPS) is 11.8. The Hall–Kier alpha value is -3.68. The molecule has 0 heterocycles. The van der Waals surface area contributed by atoms with Crippen molar-refractivity contribution in [3.05, 3.63) is 77.0 Å². The Balaban J connectivity index is 1.71. The molecule has 8 heteroatoms. The number of hydrogen-bond acceptors (Lipinski definition) is 5. The molecule has 2 N–H and O–H groups in total. The molecule has 0 aromatic heterocycles. The van der Waals surface area contributed by atoms with E-state index in [0.29, 0.717) is 11.3 Å². The average Bonchev–Trinajstić information content (AvgIpc) is 2.68. The fourth-order valence-electron chi connectivity index (χ4n) is 1.93. The molecule has 0 aliphatic carbocycles. The van der Waals surface area contributed by atoms with Crippen LogP contribution in [0.5, 0.6) is 5.75 Å². The van der Waals surface area contributed by atoms with Crippen LogP contribution in [0, 0.1) is 5.21 Å². The lowest BCUT2D eigenvalue weighted by molar-refractivity contribution is -0.570. The number of rotatable bonds is 8. The molecule has 0 saturated heterocycles. The standard InChI is InChI=1S/C18H18N4O4/c23-18(20-19-12-4-7-15-5-2-1-3-6-15)14-26-17-10-8-16(9-11-17)13-22(25)21-24/h1-12,24H,13-14H2,(H,20,23). The summed E-state index contributed by atoms with van der Waals surface area (Å²) in [6.45, 7) is -0.277. The Kier molecular flexibility index (Phi) is 7.35. The van der Waals surface area contributed by atoms with Gasteiger partial charge in [0.1, 0.15) is 5.75 Å². The lowest BCUT2D eigenvalue weighted by atomic mass is 10.2. The molecule has 0 atom stereocenters. The minimum absolute atomic E-state index is 0.0809. The lowest BCUT2D eigenvalue weighted by Crippen LogP contribution is -2.24. The molecule has 0 aliphatic rings. The van der Waals surface area contributed by atoms with Crippen LogP contribution in [-0.4, -0.2) is 28.8 Å². The van der Waals surface area contributed by atoms with Crippen molar-refractivity contribution in [1.29, 1.82) is 0 Å². The summed E-state index contributed by atoms with van der Waals surface area (Å²) in [6, 6.07) is 16.2. The number of nitrogens with zero attached hydrogens (tertiary/aromatic N) is 3. The summed E-state index contributed by atoms with van der Waals surface area (Å²) in [5.41, 5.74) is 4.03. The van der Waals surface area contributed by atoms with Crippen molar-refractivity contribution in [2.24, 2.45) is 10.4 Å². The summed E-state index contributed by atoms with van der Waals surface area (Å²) in [5, 5.41) is 25.5. The molecule has 2 aromatic rings. The van der Waals surface area contributed by atoms with Crippen LogP contribution in [0.3, 0.4) is 0 Å². The molecule has 0 saturated carbocycles. The molecular weight excluding hydrogens is 336 g/mol. The van der Waals surface area contributed by atoms with E-state index in [1.807, 2.05) is 36.4 Å². The molecule has 0 spiro atoms. The van der Waals surface area contributed by atoms with Gasteiger partial charge < -0.3 is 15.2 Å². The first-order valence-corrected chi connectivity index (χ1v) is 7.72. The van der Waals surface area contributed by atoms with Crippen LogP contribution in [0.2, 0.25) is 0 Å². The molecule has 0 fully saturated rings. The van der Waals surface area contributed by atoms with E-state index >= 15 is 0 Å². The summed E-state index contributed by atoms with van der Waals surface area (Å²) in [7, 11) is 0. The molecule has 0 unspecified atom stereocenters. The van der Waals surface area contributed by atoms with Gasteiger partial charge in [-0.05, 0) is 35.9 Å². The maximum Gasteiger partial charge on any atom is 0.277 e. The third-order valence-electron chi connectivity index (χ3n) is 3.15. The number of hydrazone groups is 1. The summed E-state index contributed by atoms with van der Waals surface area (Å²) in [6.07, 6.45) is 5.05. The second-order valence-corrected chi connectivity index (χ2v) is 5.12. The molecule has 8 nitrogen and oxygen atoms in total. The van der Waals surface area contributed by atoms with Gasteiger partial charge in [-0.2, -0.15) is 5.10 Å². The van der Waals surface area contributed by atoms with Gasteiger partial charge in [-0.15, -0.1) is 0 Å². The van der Waals surface area contributed by atoms with Crippen molar-refractivity contribution >= 4 is 18.2 Å². The molecule has 134 valence electrons. The highest BCUT2D eigenvalue weighted by molar-refractivity contribution is 5.81. The molecule has 0 radical (unpaired) electrons. The van der Waals surface area contributed by atoms with Gasteiger partial charge in [0.25, 0.3) is 5.91 Å². The smallest absolute Gasteiger partial charge is 0.277 e. The first kappa shape index (κ1) is 18.7. The highest BCUT2D eigenvalue weighted by Crippen LogP contribution is 2.12. The number of allylic oxidation sites excluding steroid dienone is 1. The third-order valence-corrected chi connectivity index (χ3v) is 3.15. The van der Waals surface area contributed by atoms with Gasteiger partial charge in [-0.1, -0.05) is 41.3 Å². The van der Waals surface area contributed by atoms with Gasteiger partial charge in [0.05, 0.1) is 0 Å². The van der Waals surface area contributed by atoms with E-state index in [-0.39, 0.29) is 18.0 Å². The molecular formula is C18H18N4O4. The second-order valence-electron chi connectivity index (χ2n) is 5.12. The van der Waals surface area contributed by atoms with Gasteiger partial charge in [-0.3, -0.25) is 4.79 Å². The summed E-state index contributed by atoms with van der Waals surface area (Å²) < 4.78 is 5.31. The fraction of sp³-hybridized carbons (Fsp3) is 0.111. The monoisotopic (exact) mass is 354 g/mol. The Morgan fingerprint density at radius 1 is 1.19 bits per heavy atom. The summed E-state index contributed by atoms with van der Waals surface area (Å²) in [5.74, 6) is 0.0680. The first-order chi connectivity index (χ1) is 12.7. The van der Waals surface area contributed by atoms with E-state index in [4.69, 9.17) is 9.94 Å². The number of carbonyl (C=O) groups is 1. The number of hydroxylamine groups is 1. The quantitative estimate of drug-likeness (QED) is 0.329. The average molecular weight is 354 g/mol. The summed E-state index contributed by atoms with van der Waals surface area (Å²) >= 11 is 0. The minimum atomic E-state index is -0.400. The second kappa shape index (κ2) is 10.2. The zero-order chi connectivity index (χ0) is 18.6. The number of amides is 1. The van der Waals surface area contributed by atoms with Crippen molar-refractivity contribution in [2.75, 3.05) is 6.61 Å². The van der Waals surface area contributed by atoms with Crippen LogP contribution < -0.4 is 10.2 Å². The predicted molar refractivity (Wildman–Crippen MR) is 95.6 cm³/mol. The van der Waals surface area contributed by atoms with Crippen molar-refractivity contribution in [3.63, 3.8) is 0 Å². The van der Waals surface area contributed by atoms with Gasteiger partial charge in [0.2, 0.25) is 6.54 Å². The van der Waals surface area contributed by atoms with E-state index in [0.717, 1.165) is 5.56 Å². The molecule has 2 aromatic carbocycles. The zero-order valence-corrected chi connectivity index (χ0v) is 13.9. The Labute approximate surface area is 150 Å². The summed E-state index contributed by atoms with van der Waals surface area (Å²) in [4.78, 5) is 11.8. The lowest BCUT2D eigenvalue weighted by Gasteiger charge is -2.05.